The Labute approximate surface area is 122 Å². The zero-order valence-corrected chi connectivity index (χ0v) is 12.8. The number of rotatable bonds is 10. The fraction of sp³-hybridized carbons (Fsp3) is 0.625. The zero-order chi connectivity index (χ0) is 14.8. The Hall–Kier alpha value is -0.940. The summed E-state index contributed by atoms with van der Waals surface area (Å²) in [5.41, 5.74) is 2.17. The first kappa shape index (κ1) is 17.1. The molecule has 1 N–H and O–H groups in total. The lowest BCUT2D eigenvalue weighted by atomic mass is 10.1. The summed E-state index contributed by atoms with van der Waals surface area (Å²) >= 11 is 0. The molecule has 114 valence electrons. The van der Waals surface area contributed by atoms with Gasteiger partial charge in [0.15, 0.2) is 0 Å². The third-order valence-corrected chi connectivity index (χ3v) is 3.33. The average molecular weight is 281 g/mol. The molecule has 1 atom stereocenters. The molecule has 0 saturated heterocycles. The van der Waals surface area contributed by atoms with Crippen LogP contribution >= 0.6 is 0 Å². The largest absolute Gasteiger partial charge is 0.387 e. The summed E-state index contributed by atoms with van der Waals surface area (Å²) in [6, 6.07) is 8.04. The van der Waals surface area contributed by atoms with Gasteiger partial charge in [0.2, 0.25) is 0 Å². The van der Waals surface area contributed by atoms with Crippen molar-refractivity contribution in [1.82, 2.24) is 4.90 Å². The van der Waals surface area contributed by atoms with Crippen molar-refractivity contribution in [2.45, 2.75) is 19.4 Å². The summed E-state index contributed by atoms with van der Waals surface area (Å²) in [4.78, 5) is 2.22. The van der Waals surface area contributed by atoms with Crippen molar-refractivity contribution in [2.24, 2.45) is 0 Å². The van der Waals surface area contributed by atoms with Crippen LogP contribution in [0.5, 0.6) is 0 Å². The molecule has 0 aliphatic heterocycles. The monoisotopic (exact) mass is 281 g/mol. The molecule has 0 fully saturated rings. The first-order chi connectivity index (χ1) is 9.67. The summed E-state index contributed by atoms with van der Waals surface area (Å²) in [5.74, 6) is 0. The number of nitrogens with zero attached hydrogens (tertiary/aromatic N) is 1. The van der Waals surface area contributed by atoms with E-state index in [1.54, 1.807) is 14.2 Å². The van der Waals surface area contributed by atoms with Gasteiger partial charge in [0.1, 0.15) is 0 Å². The van der Waals surface area contributed by atoms with E-state index in [1.165, 1.54) is 5.56 Å². The van der Waals surface area contributed by atoms with Crippen LogP contribution in [0.15, 0.2) is 24.3 Å². The number of aliphatic hydroxyl groups excluding tert-OH is 1. The first-order valence-electron chi connectivity index (χ1n) is 7.12. The van der Waals surface area contributed by atoms with Crippen LogP contribution in [0.2, 0.25) is 0 Å². The summed E-state index contributed by atoms with van der Waals surface area (Å²) < 4.78 is 10.2. The summed E-state index contributed by atoms with van der Waals surface area (Å²) in [7, 11) is 3.41. The number of ether oxygens (including phenoxy) is 2. The average Bonchev–Trinajstić information content (AvgIpc) is 2.45. The number of aryl methyl sites for hydroxylation is 1. The molecular formula is C16H27NO3. The molecular weight excluding hydrogens is 254 g/mol. The molecule has 1 unspecified atom stereocenters. The van der Waals surface area contributed by atoms with Gasteiger partial charge in [-0.05, 0) is 18.9 Å². The molecule has 0 bridgehead atoms. The molecule has 0 aliphatic carbocycles. The van der Waals surface area contributed by atoms with E-state index in [1.807, 2.05) is 31.2 Å². The zero-order valence-electron chi connectivity index (χ0n) is 12.8. The van der Waals surface area contributed by atoms with Gasteiger partial charge >= 0.3 is 0 Å². The summed E-state index contributed by atoms with van der Waals surface area (Å²) in [5, 5.41) is 10.3. The van der Waals surface area contributed by atoms with Crippen molar-refractivity contribution in [3.05, 3.63) is 35.4 Å². The highest BCUT2D eigenvalue weighted by molar-refractivity contribution is 5.23. The predicted molar refractivity (Wildman–Crippen MR) is 80.9 cm³/mol. The van der Waals surface area contributed by atoms with Crippen LogP contribution in [0, 0.1) is 6.92 Å². The van der Waals surface area contributed by atoms with Crippen LogP contribution in [0.25, 0.3) is 0 Å². The smallest absolute Gasteiger partial charge is 0.0916 e. The minimum absolute atomic E-state index is 0.463. The van der Waals surface area contributed by atoms with Gasteiger partial charge < -0.3 is 14.6 Å². The van der Waals surface area contributed by atoms with Crippen molar-refractivity contribution in [3.63, 3.8) is 0 Å². The maximum Gasteiger partial charge on any atom is 0.0916 e. The highest BCUT2D eigenvalue weighted by Gasteiger charge is 2.13. The molecule has 1 aromatic rings. The van der Waals surface area contributed by atoms with Crippen LogP contribution in [0.1, 0.15) is 23.7 Å². The van der Waals surface area contributed by atoms with Crippen LogP contribution in [-0.4, -0.2) is 57.1 Å². The van der Waals surface area contributed by atoms with Gasteiger partial charge in [0.25, 0.3) is 0 Å². The second-order valence-corrected chi connectivity index (χ2v) is 5.07. The Morgan fingerprint density at radius 1 is 1.05 bits per heavy atom. The van der Waals surface area contributed by atoms with E-state index in [4.69, 9.17) is 9.47 Å². The molecule has 0 radical (unpaired) electrons. The van der Waals surface area contributed by atoms with Crippen LogP contribution in [0.4, 0.5) is 0 Å². The summed E-state index contributed by atoms with van der Waals surface area (Å²) in [6.45, 7) is 5.81. The Balaban J connectivity index is 2.50. The number of aliphatic hydroxyl groups is 1. The second-order valence-electron chi connectivity index (χ2n) is 5.07. The SMILES string of the molecule is COCCCN(CCOC)CC(O)c1ccc(C)cc1. The van der Waals surface area contributed by atoms with E-state index >= 15 is 0 Å². The minimum Gasteiger partial charge on any atom is -0.387 e. The van der Waals surface area contributed by atoms with Crippen molar-refractivity contribution in [3.8, 4) is 0 Å². The standard InChI is InChI=1S/C16H27NO3/c1-14-5-7-15(8-6-14)16(18)13-17(10-12-20-3)9-4-11-19-2/h5-8,16,18H,4,9-13H2,1-3H3. The molecule has 20 heavy (non-hydrogen) atoms. The Morgan fingerprint density at radius 2 is 1.70 bits per heavy atom. The molecule has 4 heteroatoms. The van der Waals surface area contributed by atoms with E-state index < -0.39 is 6.10 Å². The van der Waals surface area contributed by atoms with E-state index in [2.05, 4.69) is 4.90 Å². The quantitative estimate of drug-likeness (QED) is 0.666. The van der Waals surface area contributed by atoms with Gasteiger partial charge in [-0.15, -0.1) is 0 Å². The lowest BCUT2D eigenvalue weighted by molar-refractivity contribution is 0.0818. The van der Waals surface area contributed by atoms with Gasteiger partial charge in [-0.3, -0.25) is 4.90 Å². The predicted octanol–water partition coefficient (Wildman–Crippen LogP) is 2.01. The van der Waals surface area contributed by atoms with Crippen molar-refractivity contribution in [2.75, 3.05) is 47.1 Å². The highest BCUT2D eigenvalue weighted by atomic mass is 16.5. The van der Waals surface area contributed by atoms with Crippen molar-refractivity contribution >= 4 is 0 Å². The molecule has 1 aromatic carbocycles. The topological polar surface area (TPSA) is 41.9 Å². The number of hydrogen-bond acceptors (Lipinski definition) is 4. The molecule has 0 aromatic heterocycles. The molecule has 1 rings (SSSR count). The third-order valence-electron chi connectivity index (χ3n) is 3.33. The van der Waals surface area contributed by atoms with E-state index in [0.29, 0.717) is 13.2 Å². The molecule has 0 amide bonds. The first-order valence-corrected chi connectivity index (χ1v) is 7.12. The Kier molecular flexibility index (Phi) is 8.46. The van der Waals surface area contributed by atoms with Crippen molar-refractivity contribution < 1.29 is 14.6 Å². The second kappa shape index (κ2) is 9.88. The van der Waals surface area contributed by atoms with E-state index in [9.17, 15) is 5.11 Å². The highest BCUT2D eigenvalue weighted by Crippen LogP contribution is 2.15. The maximum atomic E-state index is 10.3. The van der Waals surface area contributed by atoms with E-state index in [-0.39, 0.29) is 0 Å². The molecule has 0 spiro atoms. The van der Waals surface area contributed by atoms with Gasteiger partial charge in [-0.2, -0.15) is 0 Å². The van der Waals surface area contributed by atoms with Crippen LogP contribution in [-0.2, 0) is 9.47 Å². The van der Waals surface area contributed by atoms with Gasteiger partial charge in [-0.25, -0.2) is 0 Å². The Bertz CT molecular complexity index is 353. The third kappa shape index (κ3) is 6.48. The lowest BCUT2D eigenvalue weighted by Crippen LogP contribution is -2.33. The van der Waals surface area contributed by atoms with E-state index in [0.717, 1.165) is 31.7 Å². The van der Waals surface area contributed by atoms with Gasteiger partial charge in [0.05, 0.1) is 12.7 Å². The maximum absolute atomic E-state index is 10.3. The number of hydrogen-bond donors (Lipinski definition) is 1. The van der Waals surface area contributed by atoms with Gasteiger partial charge in [0, 0.05) is 40.5 Å². The molecule has 4 nitrogen and oxygen atoms in total. The van der Waals surface area contributed by atoms with Gasteiger partial charge in [-0.1, -0.05) is 29.8 Å². The number of benzene rings is 1. The Morgan fingerprint density at radius 3 is 2.30 bits per heavy atom. The fourth-order valence-corrected chi connectivity index (χ4v) is 2.09. The molecule has 0 heterocycles. The lowest BCUT2D eigenvalue weighted by Gasteiger charge is -2.25. The van der Waals surface area contributed by atoms with Crippen molar-refractivity contribution in [1.29, 1.82) is 0 Å². The number of methoxy groups -OCH3 is 2. The molecule has 0 saturated carbocycles. The fourth-order valence-electron chi connectivity index (χ4n) is 2.09. The van der Waals surface area contributed by atoms with Crippen LogP contribution in [0.3, 0.4) is 0 Å². The normalized spacial score (nSPS) is 12.8. The molecule has 0 aliphatic rings. The van der Waals surface area contributed by atoms with Crippen LogP contribution < -0.4 is 0 Å². The minimum atomic E-state index is -0.463. The summed E-state index contributed by atoms with van der Waals surface area (Å²) in [6.07, 6.45) is 0.496.